The molecule has 0 bridgehead atoms. The Hall–Kier alpha value is -1.10. The third kappa shape index (κ3) is 1.97. The molecule has 1 aliphatic rings. The Morgan fingerprint density at radius 3 is 3.00 bits per heavy atom. The molecule has 5 heteroatoms. The Labute approximate surface area is 92.5 Å². The van der Waals surface area contributed by atoms with Gasteiger partial charge in [-0.3, -0.25) is 0 Å². The fourth-order valence-corrected chi connectivity index (χ4v) is 2.61. The molecule has 4 nitrogen and oxygen atoms in total. The Kier molecular flexibility index (Phi) is 2.65. The number of carbonyl (C=O) groups is 1. The highest BCUT2D eigenvalue weighted by molar-refractivity contribution is 7.10. The lowest BCUT2D eigenvalue weighted by atomic mass is 10.2. The minimum absolute atomic E-state index is 0.335. The molecule has 0 amide bonds. The predicted molar refractivity (Wildman–Crippen MR) is 59.6 cm³/mol. The largest absolute Gasteiger partial charge is 0.478 e. The van der Waals surface area contributed by atoms with Crippen molar-refractivity contribution in [2.45, 2.75) is 32.7 Å². The van der Waals surface area contributed by atoms with Crippen molar-refractivity contribution in [3.05, 3.63) is 11.3 Å². The molecule has 0 spiro atoms. The maximum atomic E-state index is 11.0. The summed E-state index contributed by atoms with van der Waals surface area (Å²) in [5, 5.41) is 13.0. The van der Waals surface area contributed by atoms with E-state index in [9.17, 15) is 4.79 Å². The van der Waals surface area contributed by atoms with E-state index in [1.54, 1.807) is 6.92 Å². The Bertz CT molecular complexity index is 389. The predicted octanol–water partition coefficient (Wildman–Crippen LogP) is 2.36. The second kappa shape index (κ2) is 3.81. The molecule has 0 aliphatic heterocycles. The van der Waals surface area contributed by atoms with Crippen LogP contribution in [-0.4, -0.2) is 21.5 Å². The molecule has 82 valence electrons. The van der Waals surface area contributed by atoms with Crippen molar-refractivity contribution in [2.24, 2.45) is 5.92 Å². The van der Waals surface area contributed by atoms with Crippen LogP contribution in [0.5, 0.6) is 0 Å². The van der Waals surface area contributed by atoms with E-state index in [1.165, 1.54) is 11.5 Å². The van der Waals surface area contributed by atoms with Gasteiger partial charge < -0.3 is 10.4 Å². The lowest BCUT2D eigenvalue weighted by Crippen LogP contribution is -2.07. The van der Waals surface area contributed by atoms with Crippen LogP contribution in [0.15, 0.2) is 0 Å². The molecule has 1 aliphatic carbocycles. The van der Waals surface area contributed by atoms with Gasteiger partial charge in [-0.25, -0.2) is 4.79 Å². The van der Waals surface area contributed by atoms with Gasteiger partial charge in [0.15, 0.2) is 0 Å². The normalized spacial score (nSPS) is 23.9. The van der Waals surface area contributed by atoms with E-state index in [0.717, 1.165) is 12.8 Å². The van der Waals surface area contributed by atoms with E-state index < -0.39 is 5.97 Å². The van der Waals surface area contributed by atoms with Crippen molar-refractivity contribution in [2.75, 3.05) is 5.32 Å². The summed E-state index contributed by atoms with van der Waals surface area (Å²) in [6, 6.07) is 0.452. The zero-order chi connectivity index (χ0) is 11.0. The van der Waals surface area contributed by atoms with E-state index in [2.05, 4.69) is 16.6 Å². The van der Waals surface area contributed by atoms with Crippen LogP contribution in [0, 0.1) is 12.8 Å². The van der Waals surface area contributed by atoms with Gasteiger partial charge in [-0.15, -0.1) is 0 Å². The molecule has 1 heterocycles. The summed E-state index contributed by atoms with van der Waals surface area (Å²) in [6.07, 6.45) is 2.30. The van der Waals surface area contributed by atoms with Crippen molar-refractivity contribution < 1.29 is 9.90 Å². The smallest absolute Gasteiger partial charge is 0.340 e. The first kappa shape index (κ1) is 10.4. The molecule has 1 aromatic heterocycles. The topological polar surface area (TPSA) is 62.2 Å². The van der Waals surface area contributed by atoms with E-state index in [0.29, 0.717) is 28.2 Å². The van der Waals surface area contributed by atoms with E-state index in [-0.39, 0.29) is 0 Å². The Balaban J connectivity index is 2.12. The van der Waals surface area contributed by atoms with E-state index in [4.69, 9.17) is 5.11 Å². The fourth-order valence-electron chi connectivity index (χ4n) is 1.76. The van der Waals surface area contributed by atoms with Gasteiger partial charge in [0.05, 0.1) is 5.69 Å². The van der Waals surface area contributed by atoms with Crippen molar-refractivity contribution >= 4 is 22.5 Å². The molecule has 1 fully saturated rings. The first-order valence-electron chi connectivity index (χ1n) is 5.09. The number of nitrogens with one attached hydrogen (secondary N) is 1. The monoisotopic (exact) mass is 226 g/mol. The van der Waals surface area contributed by atoms with Crippen LogP contribution in [-0.2, 0) is 0 Å². The molecule has 2 N–H and O–H groups in total. The molecule has 15 heavy (non-hydrogen) atoms. The number of aromatic carboxylic acids is 1. The van der Waals surface area contributed by atoms with Crippen LogP contribution in [0.25, 0.3) is 0 Å². The highest BCUT2D eigenvalue weighted by atomic mass is 32.1. The third-order valence-corrected chi connectivity index (χ3v) is 3.71. The molecule has 2 unspecified atom stereocenters. The molecular formula is C10H14N2O2S. The lowest BCUT2D eigenvalue weighted by Gasteiger charge is -2.02. The van der Waals surface area contributed by atoms with Crippen LogP contribution in [0.4, 0.5) is 5.00 Å². The molecule has 0 aromatic carbocycles. The van der Waals surface area contributed by atoms with Gasteiger partial charge in [0.25, 0.3) is 0 Å². The standard InChI is InChI=1S/C10H14N2O2S/c1-3-6-4-7(6)11-9-8(10(13)14)5(2)12-15-9/h6-7,11H,3-4H2,1-2H3,(H,13,14). The van der Waals surface area contributed by atoms with Gasteiger partial charge in [-0.1, -0.05) is 13.3 Å². The van der Waals surface area contributed by atoms with Crippen molar-refractivity contribution in [1.82, 2.24) is 4.37 Å². The maximum Gasteiger partial charge on any atom is 0.340 e. The van der Waals surface area contributed by atoms with E-state index >= 15 is 0 Å². The summed E-state index contributed by atoms with van der Waals surface area (Å²) in [7, 11) is 0. The summed E-state index contributed by atoms with van der Waals surface area (Å²) in [6.45, 7) is 3.89. The average molecular weight is 226 g/mol. The number of hydrogen-bond acceptors (Lipinski definition) is 4. The highest BCUT2D eigenvalue weighted by Crippen LogP contribution is 2.38. The molecule has 0 radical (unpaired) electrons. The second-order valence-electron chi connectivity index (χ2n) is 3.93. The molecule has 2 rings (SSSR count). The van der Waals surface area contributed by atoms with Crippen LogP contribution < -0.4 is 5.32 Å². The summed E-state index contributed by atoms with van der Waals surface area (Å²) in [5.74, 6) is -0.188. The molecule has 2 atom stereocenters. The molecule has 1 saturated carbocycles. The summed E-state index contributed by atoms with van der Waals surface area (Å²) < 4.78 is 4.07. The number of rotatable bonds is 4. The number of aromatic nitrogens is 1. The van der Waals surface area contributed by atoms with Crippen molar-refractivity contribution in [3.8, 4) is 0 Å². The van der Waals surface area contributed by atoms with Gasteiger partial charge in [-0.05, 0) is 30.8 Å². The van der Waals surface area contributed by atoms with Crippen molar-refractivity contribution in [1.29, 1.82) is 0 Å². The van der Waals surface area contributed by atoms with Crippen LogP contribution in [0.1, 0.15) is 35.8 Å². The summed E-state index contributed by atoms with van der Waals surface area (Å²) in [5.41, 5.74) is 0.936. The van der Waals surface area contributed by atoms with Gasteiger partial charge in [0.2, 0.25) is 0 Å². The second-order valence-corrected chi connectivity index (χ2v) is 4.71. The first-order chi connectivity index (χ1) is 7.13. The number of aryl methyl sites for hydroxylation is 1. The lowest BCUT2D eigenvalue weighted by molar-refractivity contribution is 0.0697. The Morgan fingerprint density at radius 1 is 1.73 bits per heavy atom. The van der Waals surface area contributed by atoms with Crippen LogP contribution in [0.2, 0.25) is 0 Å². The minimum atomic E-state index is -0.891. The fraction of sp³-hybridized carbons (Fsp3) is 0.600. The summed E-state index contributed by atoms with van der Waals surface area (Å²) in [4.78, 5) is 11.0. The van der Waals surface area contributed by atoms with E-state index in [1.807, 2.05) is 0 Å². The van der Waals surface area contributed by atoms with Crippen LogP contribution >= 0.6 is 11.5 Å². The first-order valence-corrected chi connectivity index (χ1v) is 5.87. The number of carboxylic acid groups (broad SMARTS) is 1. The zero-order valence-electron chi connectivity index (χ0n) is 8.78. The van der Waals surface area contributed by atoms with Crippen LogP contribution in [0.3, 0.4) is 0 Å². The Morgan fingerprint density at radius 2 is 2.47 bits per heavy atom. The molecular weight excluding hydrogens is 212 g/mol. The van der Waals surface area contributed by atoms with Gasteiger partial charge in [0, 0.05) is 6.04 Å². The highest BCUT2D eigenvalue weighted by Gasteiger charge is 2.36. The molecule has 1 aromatic rings. The number of anilines is 1. The van der Waals surface area contributed by atoms with Gasteiger partial charge >= 0.3 is 5.97 Å². The number of hydrogen-bond donors (Lipinski definition) is 2. The van der Waals surface area contributed by atoms with Gasteiger partial charge in [-0.2, -0.15) is 4.37 Å². The third-order valence-electron chi connectivity index (χ3n) is 2.84. The quantitative estimate of drug-likeness (QED) is 0.827. The van der Waals surface area contributed by atoms with Gasteiger partial charge in [0.1, 0.15) is 10.6 Å². The minimum Gasteiger partial charge on any atom is -0.478 e. The molecule has 0 saturated heterocycles. The summed E-state index contributed by atoms with van der Waals surface area (Å²) >= 11 is 1.24. The number of nitrogens with zero attached hydrogens (tertiary/aromatic N) is 1. The zero-order valence-corrected chi connectivity index (χ0v) is 9.60. The SMILES string of the molecule is CCC1CC1Nc1snc(C)c1C(=O)O. The average Bonchev–Trinajstić information content (AvgIpc) is 2.82. The van der Waals surface area contributed by atoms with Crippen molar-refractivity contribution in [3.63, 3.8) is 0 Å². The maximum absolute atomic E-state index is 11.0. The number of carboxylic acids is 1.